The Hall–Kier alpha value is -0.380. The van der Waals surface area contributed by atoms with Crippen LogP contribution in [0.15, 0.2) is 16.8 Å². The van der Waals surface area contributed by atoms with Crippen molar-refractivity contribution in [3.63, 3.8) is 0 Å². The van der Waals surface area contributed by atoms with E-state index in [9.17, 15) is 0 Å². The first-order valence-corrected chi connectivity index (χ1v) is 7.26. The second-order valence-corrected chi connectivity index (χ2v) is 5.46. The highest BCUT2D eigenvalue weighted by Crippen LogP contribution is 2.10. The van der Waals surface area contributed by atoms with E-state index in [-0.39, 0.29) is 0 Å². The molecule has 1 aliphatic rings. The molecule has 0 bridgehead atoms. The lowest BCUT2D eigenvalue weighted by atomic mass is 10.2. The molecule has 1 aliphatic heterocycles. The molecule has 1 atom stereocenters. The fraction of sp³-hybridized carbons (Fsp3) is 0.692. The molecule has 2 rings (SSSR count). The van der Waals surface area contributed by atoms with Gasteiger partial charge in [-0.2, -0.15) is 11.3 Å². The van der Waals surface area contributed by atoms with Crippen LogP contribution in [0.25, 0.3) is 0 Å². The van der Waals surface area contributed by atoms with Crippen molar-refractivity contribution in [3.05, 3.63) is 22.4 Å². The zero-order valence-corrected chi connectivity index (χ0v) is 10.9. The summed E-state index contributed by atoms with van der Waals surface area (Å²) in [6.07, 6.45) is 3.94. The van der Waals surface area contributed by atoms with Gasteiger partial charge < -0.3 is 5.32 Å². The first-order chi connectivity index (χ1) is 7.86. The van der Waals surface area contributed by atoms with E-state index < -0.39 is 0 Å². The predicted octanol–water partition coefficient (Wildman–Crippen LogP) is 2.36. The van der Waals surface area contributed by atoms with Crippen LogP contribution in [0, 0.1) is 0 Å². The van der Waals surface area contributed by atoms with E-state index in [1.54, 1.807) is 11.3 Å². The van der Waals surface area contributed by atoms with Gasteiger partial charge in [-0.25, -0.2) is 0 Å². The van der Waals surface area contributed by atoms with Gasteiger partial charge in [0, 0.05) is 12.6 Å². The van der Waals surface area contributed by atoms with Crippen LogP contribution in [0.3, 0.4) is 0 Å². The number of hydrogen-bond donors (Lipinski definition) is 1. The quantitative estimate of drug-likeness (QED) is 0.765. The molecule has 0 aromatic carbocycles. The first kappa shape index (κ1) is 12.1. The highest BCUT2D eigenvalue weighted by atomic mass is 32.1. The van der Waals surface area contributed by atoms with Gasteiger partial charge in [0.25, 0.3) is 0 Å². The van der Waals surface area contributed by atoms with Crippen molar-refractivity contribution in [2.75, 3.05) is 26.2 Å². The van der Waals surface area contributed by atoms with Gasteiger partial charge in [-0.3, -0.25) is 4.90 Å². The summed E-state index contributed by atoms with van der Waals surface area (Å²) in [6, 6.07) is 2.92. The van der Waals surface area contributed by atoms with E-state index in [2.05, 4.69) is 34.0 Å². The van der Waals surface area contributed by atoms with Gasteiger partial charge >= 0.3 is 0 Å². The SMILES string of the molecule is CC(CNCCc1ccsc1)N1CCCC1. The highest BCUT2D eigenvalue weighted by molar-refractivity contribution is 7.07. The molecule has 1 saturated heterocycles. The van der Waals surface area contributed by atoms with Crippen LogP contribution in [0.5, 0.6) is 0 Å². The molecule has 0 saturated carbocycles. The lowest BCUT2D eigenvalue weighted by molar-refractivity contribution is 0.252. The Labute approximate surface area is 103 Å². The molecule has 0 aliphatic carbocycles. The van der Waals surface area contributed by atoms with Gasteiger partial charge in [-0.05, 0) is 68.2 Å². The molecule has 90 valence electrons. The molecule has 0 radical (unpaired) electrons. The summed E-state index contributed by atoms with van der Waals surface area (Å²) in [5.74, 6) is 0. The summed E-state index contributed by atoms with van der Waals surface area (Å²) in [5.41, 5.74) is 1.46. The maximum absolute atomic E-state index is 3.56. The van der Waals surface area contributed by atoms with Crippen molar-refractivity contribution in [2.24, 2.45) is 0 Å². The molecule has 2 nitrogen and oxygen atoms in total. The number of nitrogens with zero attached hydrogens (tertiary/aromatic N) is 1. The van der Waals surface area contributed by atoms with E-state index in [1.165, 1.54) is 31.5 Å². The topological polar surface area (TPSA) is 15.3 Å². The summed E-state index contributed by atoms with van der Waals surface area (Å²) in [5, 5.41) is 7.96. The summed E-state index contributed by atoms with van der Waals surface area (Å²) < 4.78 is 0. The maximum atomic E-state index is 3.56. The van der Waals surface area contributed by atoms with E-state index in [1.807, 2.05) is 0 Å². The molecular weight excluding hydrogens is 216 g/mol. The average Bonchev–Trinajstić information content (AvgIpc) is 2.96. The van der Waals surface area contributed by atoms with Crippen LogP contribution in [0.4, 0.5) is 0 Å². The number of rotatable bonds is 6. The third kappa shape index (κ3) is 3.58. The molecule has 1 aromatic heterocycles. The van der Waals surface area contributed by atoms with Gasteiger partial charge in [-0.1, -0.05) is 0 Å². The predicted molar refractivity (Wildman–Crippen MR) is 71.2 cm³/mol. The van der Waals surface area contributed by atoms with Crippen LogP contribution in [0.2, 0.25) is 0 Å². The number of hydrogen-bond acceptors (Lipinski definition) is 3. The van der Waals surface area contributed by atoms with Crippen LogP contribution in [-0.2, 0) is 6.42 Å². The van der Waals surface area contributed by atoms with E-state index in [0.29, 0.717) is 6.04 Å². The molecule has 1 aromatic rings. The molecule has 0 spiro atoms. The Morgan fingerprint density at radius 1 is 1.44 bits per heavy atom. The number of likely N-dealkylation sites (tertiary alicyclic amines) is 1. The van der Waals surface area contributed by atoms with Crippen molar-refractivity contribution in [1.82, 2.24) is 10.2 Å². The average molecular weight is 238 g/mol. The minimum absolute atomic E-state index is 0.699. The molecule has 0 amide bonds. The summed E-state index contributed by atoms with van der Waals surface area (Å²) >= 11 is 1.79. The monoisotopic (exact) mass is 238 g/mol. The summed E-state index contributed by atoms with van der Waals surface area (Å²) in [4.78, 5) is 2.59. The van der Waals surface area contributed by atoms with Gasteiger partial charge in [0.05, 0.1) is 0 Å². The zero-order chi connectivity index (χ0) is 11.2. The molecule has 1 fully saturated rings. The second kappa shape index (κ2) is 6.38. The van der Waals surface area contributed by atoms with E-state index >= 15 is 0 Å². The Bertz CT molecular complexity index is 278. The fourth-order valence-corrected chi connectivity index (χ4v) is 2.99. The van der Waals surface area contributed by atoms with Crippen molar-refractivity contribution >= 4 is 11.3 Å². The standard InChI is InChI=1S/C13H22N2S/c1-12(15-7-2-3-8-15)10-14-6-4-13-5-9-16-11-13/h5,9,11-12,14H,2-4,6-8,10H2,1H3. The van der Waals surface area contributed by atoms with Gasteiger partial charge in [0.15, 0.2) is 0 Å². The van der Waals surface area contributed by atoms with Gasteiger partial charge in [-0.15, -0.1) is 0 Å². The Balaban J connectivity index is 1.57. The molecule has 2 heterocycles. The highest BCUT2D eigenvalue weighted by Gasteiger charge is 2.16. The minimum atomic E-state index is 0.699. The van der Waals surface area contributed by atoms with Crippen LogP contribution >= 0.6 is 11.3 Å². The molecule has 1 unspecified atom stereocenters. The first-order valence-electron chi connectivity index (χ1n) is 6.32. The van der Waals surface area contributed by atoms with Gasteiger partial charge in [0.2, 0.25) is 0 Å². The third-order valence-electron chi connectivity index (χ3n) is 3.37. The number of nitrogens with one attached hydrogen (secondary N) is 1. The Morgan fingerprint density at radius 2 is 2.25 bits per heavy atom. The normalized spacial score (nSPS) is 19.1. The molecule has 16 heavy (non-hydrogen) atoms. The van der Waals surface area contributed by atoms with Crippen LogP contribution < -0.4 is 5.32 Å². The molecular formula is C13H22N2S. The van der Waals surface area contributed by atoms with Gasteiger partial charge in [0.1, 0.15) is 0 Å². The van der Waals surface area contributed by atoms with Crippen LogP contribution in [-0.4, -0.2) is 37.1 Å². The second-order valence-electron chi connectivity index (χ2n) is 4.68. The lowest BCUT2D eigenvalue weighted by Crippen LogP contribution is -2.39. The third-order valence-corrected chi connectivity index (χ3v) is 4.11. The van der Waals surface area contributed by atoms with E-state index in [0.717, 1.165) is 19.5 Å². The van der Waals surface area contributed by atoms with Crippen molar-refractivity contribution in [2.45, 2.75) is 32.2 Å². The summed E-state index contributed by atoms with van der Waals surface area (Å²) in [7, 11) is 0. The molecule has 3 heteroatoms. The van der Waals surface area contributed by atoms with Crippen molar-refractivity contribution in [1.29, 1.82) is 0 Å². The van der Waals surface area contributed by atoms with Crippen molar-refractivity contribution < 1.29 is 0 Å². The summed E-state index contributed by atoms with van der Waals surface area (Å²) in [6.45, 7) is 7.17. The Morgan fingerprint density at radius 3 is 2.94 bits per heavy atom. The maximum Gasteiger partial charge on any atom is 0.0192 e. The molecule has 1 N–H and O–H groups in total. The Kier molecular flexibility index (Phi) is 4.82. The fourth-order valence-electron chi connectivity index (χ4n) is 2.29. The largest absolute Gasteiger partial charge is 0.315 e. The van der Waals surface area contributed by atoms with Crippen LogP contribution in [0.1, 0.15) is 25.3 Å². The smallest absolute Gasteiger partial charge is 0.0192 e. The minimum Gasteiger partial charge on any atom is -0.315 e. The number of thiophene rings is 1. The lowest BCUT2D eigenvalue weighted by Gasteiger charge is -2.23. The zero-order valence-electron chi connectivity index (χ0n) is 10.1. The van der Waals surface area contributed by atoms with E-state index in [4.69, 9.17) is 0 Å². The van der Waals surface area contributed by atoms with Crippen molar-refractivity contribution in [3.8, 4) is 0 Å².